The van der Waals surface area contributed by atoms with E-state index in [2.05, 4.69) is 256 Å². The lowest BCUT2D eigenvalue weighted by atomic mass is 9.83. The van der Waals surface area contributed by atoms with Gasteiger partial charge >= 0.3 is 0 Å². The van der Waals surface area contributed by atoms with Crippen LogP contribution in [0.5, 0.6) is 0 Å². The predicted molar refractivity (Wildman–Crippen MR) is 291 cm³/mol. The van der Waals surface area contributed by atoms with Crippen molar-refractivity contribution >= 4 is 66.0 Å². The molecule has 12 rings (SSSR count). The van der Waals surface area contributed by atoms with Gasteiger partial charge in [0.25, 0.3) is 0 Å². The molecule has 0 saturated carbocycles. The van der Waals surface area contributed by atoms with Crippen LogP contribution in [-0.4, -0.2) is 0 Å². The Kier molecular flexibility index (Phi) is 10.0. The SMILES string of the molecule is C=Cc1ccc(-c2c3ccc(-c4cccc(-c5cccc6ccccc56)c4)cc3c(-c3ccc4ccccc4c3)c3ccc(-c4cccc(-c5cccc6ccccc56)c4)cc23)cc1/C=C\C. The molecule has 67 heavy (non-hydrogen) atoms. The Balaban J connectivity index is 1.13. The Bertz CT molecular complexity index is 3940. The maximum Gasteiger partial charge on any atom is -0.00259 e. The average Bonchev–Trinajstić information content (AvgIpc) is 3.39. The second-order valence-corrected chi connectivity index (χ2v) is 17.6. The van der Waals surface area contributed by atoms with Gasteiger partial charge in [-0.05, 0) is 175 Å². The molecule has 0 aromatic heterocycles. The Morgan fingerprint density at radius 2 is 0.731 bits per heavy atom. The van der Waals surface area contributed by atoms with Gasteiger partial charge in [-0.1, -0.05) is 219 Å². The van der Waals surface area contributed by atoms with Gasteiger partial charge in [-0.3, -0.25) is 0 Å². The van der Waals surface area contributed by atoms with E-state index in [4.69, 9.17) is 0 Å². The Morgan fingerprint density at radius 1 is 0.284 bits per heavy atom. The molecule has 0 aliphatic carbocycles. The Labute approximate surface area is 392 Å². The quantitative estimate of drug-likeness (QED) is 0.134. The minimum Gasteiger partial charge on any atom is -0.0984 e. The zero-order valence-electron chi connectivity index (χ0n) is 37.4. The molecule has 314 valence electrons. The van der Waals surface area contributed by atoms with Crippen LogP contribution in [-0.2, 0) is 0 Å². The van der Waals surface area contributed by atoms with Gasteiger partial charge < -0.3 is 0 Å². The highest BCUT2D eigenvalue weighted by Gasteiger charge is 2.20. The van der Waals surface area contributed by atoms with Crippen LogP contribution in [0.2, 0.25) is 0 Å². The molecule has 0 aliphatic heterocycles. The molecule has 0 nitrogen and oxygen atoms in total. The summed E-state index contributed by atoms with van der Waals surface area (Å²) in [4.78, 5) is 0. The van der Waals surface area contributed by atoms with Crippen LogP contribution in [0.15, 0.2) is 243 Å². The number of benzene rings is 12. The molecule has 0 unspecified atom stereocenters. The summed E-state index contributed by atoms with van der Waals surface area (Å²) in [6, 6.07) is 85.4. The fraction of sp³-hybridized carbons (Fsp3) is 0.0149. The summed E-state index contributed by atoms with van der Waals surface area (Å²) in [6.07, 6.45) is 6.27. The second-order valence-electron chi connectivity index (χ2n) is 17.6. The van der Waals surface area contributed by atoms with Gasteiger partial charge in [0.1, 0.15) is 0 Å². The van der Waals surface area contributed by atoms with E-state index in [0.717, 1.165) is 11.1 Å². The summed E-state index contributed by atoms with van der Waals surface area (Å²) in [5.41, 5.74) is 16.7. The summed E-state index contributed by atoms with van der Waals surface area (Å²) in [7, 11) is 0. The normalized spacial score (nSPS) is 11.7. The van der Waals surface area contributed by atoms with Crippen LogP contribution in [0.1, 0.15) is 18.1 Å². The fourth-order valence-electron chi connectivity index (χ4n) is 10.5. The maximum absolute atomic E-state index is 4.18. The first-order valence-electron chi connectivity index (χ1n) is 23.2. The molecule has 0 radical (unpaired) electrons. The van der Waals surface area contributed by atoms with Crippen LogP contribution in [0.4, 0.5) is 0 Å². The largest absolute Gasteiger partial charge is 0.0984 e. The van der Waals surface area contributed by atoms with E-state index in [-0.39, 0.29) is 0 Å². The smallest absolute Gasteiger partial charge is 0.00259 e. The molecule has 0 bridgehead atoms. The Hall–Kier alpha value is -8.58. The van der Waals surface area contributed by atoms with Crippen molar-refractivity contribution in [2.75, 3.05) is 0 Å². The lowest BCUT2D eigenvalue weighted by molar-refractivity contribution is 1.58. The standard InChI is InChI=1S/C67H46/c1-3-15-48-40-56(32-30-44(48)4-2)66-62-36-34-53(51-23-12-25-55(39-51)61-29-14-21-47-18-8-10-27-59(47)61)43-65(62)67(57-33-31-45-16-5-6-19-49(45)41-57)63-37-35-52(42-64(63)66)50-22-11-24-54(38-50)60-28-13-20-46-17-7-9-26-58(46)60/h3-43H,2H2,1H3/b15-3-. The number of allylic oxidation sites excluding steroid dienone is 1. The minimum atomic E-state index is 1.11. The number of fused-ring (bicyclic) bond motifs is 5. The molecule has 0 heteroatoms. The molecule has 0 spiro atoms. The zero-order valence-corrected chi connectivity index (χ0v) is 37.4. The summed E-state index contributed by atoms with van der Waals surface area (Å²) >= 11 is 0. The molecular formula is C67H46. The van der Waals surface area contributed by atoms with Crippen LogP contribution >= 0.6 is 0 Å². The van der Waals surface area contributed by atoms with E-state index in [1.54, 1.807) is 0 Å². The van der Waals surface area contributed by atoms with E-state index in [1.807, 2.05) is 6.08 Å². The first-order chi connectivity index (χ1) is 33.1. The molecule has 0 fully saturated rings. The van der Waals surface area contributed by atoms with Crippen LogP contribution < -0.4 is 0 Å². The molecule has 0 saturated heterocycles. The van der Waals surface area contributed by atoms with Gasteiger partial charge in [0.15, 0.2) is 0 Å². The first-order valence-corrected chi connectivity index (χ1v) is 23.2. The third-order valence-electron chi connectivity index (χ3n) is 13.7. The number of hydrogen-bond donors (Lipinski definition) is 0. The topological polar surface area (TPSA) is 0 Å². The summed E-state index contributed by atoms with van der Waals surface area (Å²) in [6.45, 7) is 6.26. The van der Waals surface area contributed by atoms with Crippen molar-refractivity contribution in [3.05, 3.63) is 254 Å². The molecule has 0 aliphatic rings. The van der Waals surface area contributed by atoms with Crippen molar-refractivity contribution < 1.29 is 0 Å². The van der Waals surface area contributed by atoms with Crippen molar-refractivity contribution in [1.82, 2.24) is 0 Å². The van der Waals surface area contributed by atoms with Crippen molar-refractivity contribution in [3.8, 4) is 66.8 Å². The third kappa shape index (κ3) is 7.12. The highest BCUT2D eigenvalue weighted by Crippen LogP contribution is 2.47. The van der Waals surface area contributed by atoms with Crippen molar-refractivity contribution in [3.63, 3.8) is 0 Å². The van der Waals surface area contributed by atoms with Gasteiger partial charge in [-0.25, -0.2) is 0 Å². The molecule has 0 heterocycles. The lowest BCUT2D eigenvalue weighted by Gasteiger charge is -2.21. The molecular weight excluding hydrogens is 805 g/mol. The second kappa shape index (κ2) is 16.8. The molecule has 0 atom stereocenters. The lowest BCUT2D eigenvalue weighted by Crippen LogP contribution is -1.94. The van der Waals surface area contributed by atoms with E-state index in [9.17, 15) is 0 Å². The van der Waals surface area contributed by atoms with Gasteiger partial charge in [0, 0.05) is 0 Å². The number of hydrogen-bond acceptors (Lipinski definition) is 0. The maximum atomic E-state index is 4.18. The fourth-order valence-corrected chi connectivity index (χ4v) is 10.5. The summed E-state index contributed by atoms with van der Waals surface area (Å²) in [5.74, 6) is 0. The molecule has 12 aromatic rings. The van der Waals surface area contributed by atoms with Gasteiger partial charge in [-0.15, -0.1) is 0 Å². The molecule has 0 amide bonds. The van der Waals surface area contributed by atoms with E-state index < -0.39 is 0 Å². The van der Waals surface area contributed by atoms with Gasteiger partial charge in [0.05, 0.1) is 0 Å². The number of rotatable bonds is 8. The van der Waals surface area contributed by atoms with Crippen LogP contribution in [0, 0.1) is 0 Å². The highest BCUT2D eigenvalue weighted by molar-refractivity contribution is 6.23. The highest BCUT2D eigenvalue weighted by atomic mass is 14.2. The predicted octanol–water partition coefficient (Wildman–Crippen LogP) is 19.1. The van der Waals surface area contributed by atoms with Crippen LogP contribution in [0.25, 0.3) is 133 Å². The average molecular weight is 851 g/mol. The van der Waals surface area contributed by atoms with E-state index in [0.29, 0.717) is 0 Å². The van der Waals surface area contributed by atoms with Crippen molar-refractivity contribution in [2.45, 2.75) is 6.92 Å². The van der Waals surface area contributed by atoms with Crippen molar-refractivity contribution in [1.29, 1.82) is 0 Å². The van der Waals surface area contributed by atoms with E-state index >= 15 is 0 Å². The Morgan fingerprint density at radius 3 is 1.30 bits per heavy atom. The first kappa shape index (κ1) is 40.0. The van der Waals surface area contributed by atoms with Crippen molar-refractivity contribution in [2.24, 2.45) is 0 Å². The summed E-state index contributed by atoms with van der Waals surface area (Å²) < 4.78 is 0. The zero-order chi connectivity index (χ0) is 44.8. The van der Waals surface area contributed by atoms with Gasteiger partial charge in [-0.2, -0.15) is 0 Å². The monoisotopic (exact) mass is 850 g/mol. The third-order valence-corrected chi connectivity index (χ3v) is 13.7. The van der Waals surface area contributed by atoms with Gasteiger partial charge in [0.2, 0.25) is 0 Å². The molecule has 0 N–H and O–H groups in total. The summed E-state index contributed by atoms with van der Waals surface area (Å²) in [5, 5.41) is 12.3. The van der Waals surface area contributed by atoms with Crippen LogP contribution in [0.3, 0.4) is 0 Å². The van der Waals surface area contributed by atoms with E-state index in [1.165, 1.54) is 121 Å². The molecule has 12 aromatic carbocycles. The minimum absolute atomic E-state index is 1.11.